The van der Waals surface area contributed by atoms with Crippen LogP contribution in [0.1, 0.15) is 29.9 Å². The van der Waals surface area contributed by atoms with Crippen LogP contribution in [0, 0.1) is 0 Å². The van der Waals surface area contributed by atoms with Crippen LogP contribution in [-0.4, -0.2) is 25.0 Å². The van der Waals surface area contributed by atoms with Crippen LogP contribution in [0.5, 0.6) is 0 Å². The predicted octanol–water partition coefficient (Wildman–Crippen LogP) is 1.66. The van der Waals surface area contributed by atoms with Gasteiger partial charge in [-0.3, -0.25) is 0 Å². The van der Waals surface area contributed by atoms with Gasteiger partial charge >= 0.3 is 0 Å². The Morgan fingerprint density at radius 1 is 1.27 bits per heavy atom. The highest BCUT2D eigenvalue weighted by molar-refractivity contribution is 5.40. The lowest BCUT2D eigenvalue weighted by Crippen LogP contribution is -2.42. The van der Waals surface area contributed by atoms with Crippen molar-refractivity contribution in [1.29, 1.82) is 0 Å². The number of likely N-dealkylation sites (tertiary alicyclic amines) is 1. The molecule has 3 rings (SSSR count). The van der Waals surface area contributed by atoms with Gasteiger partial charge in [0.2, 0.25) is 0 Å². The highest BCUT2D eigenvalue weighted by Crippen LogP contribution is 2.46. The smallest absolute Gasteiger partial charge is 0.0414 e. The first-order valence-corrected chi connectivity index (χ1v) is 5.76. The van der Waals surface area contributed by atoms with Gasteiger partial charge in [0, 0.05) is 24.5 Å². The molecule has 1 aromatic carbocycles. The second kappa shape index (κ2) is 3.06. The molecule has 0 radical (unpaired) electrons. The lowest BCUT2D eigenvalue weighted by atomic mass is 9.85. The van der Waals surface area contributed by atoms with E-state index in [2.05, 4.69) is 36.2 Å². The minimum Gasteiger partial charge on any atom is -0.321 e. The van der Waals surface area contributed by atoms with Crippen molar-refractivity contribution in [2.45, 2.75) is 24.3 Å². The first-order chi connectivity index (χ1) is 7.19. The largest absolute Gasteiger partial charge is 0.321 e. The molecule has 0 amide bonds. The lowest BCUT2D eigenvalue weighted by molar-refractivity contribution is 0.188. The summed E-state index contributed by atoms with van der Waals surface area (Å²) < 4.78 is 0. The van der Waals surface area contributed by atoms with Crippen LogP contribution in [-0.2, 0) is 5.54 Å². The molecule has 15 heavy (non-hydrogen) atoms. The van der Waals surface area contributed by atoms with E-state index in [0.717, 1.165) is 12.8 Å². The van der Waals surface area contributed by atoms with Crippen molar-refractivity contribution in [1.82, 2.24) is 4.90 Å². The van der Waals surface area contributed by atoms with Crippen molar-refractivity contribution in [3.63, 3.8) is 0 Å². The van der Waals surface area contributed by atoms with Crippen molar-refractivity contribution >= 4 is 0 Å². The van der Waals surface area contributed by atoms with E-state index in [1.807, 2.05) is 0 Å². The predicted molar refractivity (Wildman–Crippen MR) is 61.8 cm³/mol. The van der Waals surface area contributed by atoms with Crippen LogP contribution in [0.25, 0.3) is 0 Å². The maximum atomic E-state index is 6.31. The molecule has 1 saturated carbocycles. The highest BCUT2D eigenvalue weighted by Gasteiger charge is 2.43. The van der Waals surface area contributed by atoms with Gasteiger partial charge in [0.05, 0.1) is 0 Å². The summed E-state index contributed by atoms with van der Waals surface area (Å²) in [5.74, 6) is 0.715. The fraction of sp³-hybridized carbons (Fsp3) is 0.538. The number of rotatable bonds is 2. The van der Waals surface area contributed by atoms with Gasteiger partial charge in [-0.2, -0.15) is 0 Å². The summed E-state index contributed by atoms with van der Waals surface area (Å²) in [6, 6.07) is 8.75. The molecule has 0 spiro atoms. The van der Waals surface area contributed by atoms with Gasteiger partial charge in [-0.05, 0) is 31.0 Å². The number of hydrogen-bond acceptors (Lipinski definition) is 2. The second-order valence-corrected chi connectivity index (χ2v) is 5.16. The summed E-state index contributed by atoms with van der Waals surface area (Å²) in [6.07, 6.45) is 2.32. The molecule has 0 unspecified atom stereocenters. The van der Waals surface area contributed by atoms with Gasteiger partial charge in [0.25, 0.3) is 0 Å². The van der Waals surface area contributed by atoms with E-state index in [4.69, 9.17) is 5.73 Å². The number of nitrogens with two attached hydrogens (primary N) is 1. The molecule has 2 fully saturated rings. The summed E-state index contributed by atoms with van der Waals surface area (Å²) in [5.41, 5.74) is 9.23. The molecule has 0 bridgehead atoms. The number of nitrogens with zero attached hydrogens (tertiary/aromatic N) is 1. The van der Waals surface area contributed by atoms with Crippen molar-refractivity contribution in [3.05, 3.63) is 35.4 Å². The highest BCUT2D eigenvalue weighted by atomic mass is 15.2. The molecule has 2 heteroatoms. The topological polar surface area (TPSA) is 29.3 Å². The zero-order valence-corrected chi connectivity index (χ0v) is 9.24. The van der Waals surface area contributed by atoms with Gasteiger partial charge in [-0.15, -0.1) is 0 Å². The quantitative estimate of drug-likeness (QED) is 0.790. The molecule has 2 aliphatic rings. The Labute approximate surface area is 91.1 Å². The fourth-order valence-electron chi connectivity index (χ4n) is 2.61. The molecule has 1 heterocycles. The third kappa shape index (κ3) is 1.48. The van der Waals surface area contributed by atoms with E-state index in [0.29, 0.717) is 5.92 Å². The minimum absolute atomic E-state index is 0.0186. The van der Waals surface area contributed by atoms with Gasteiger partial charge < -0.3 is 10.6 Å². The third-order valence-electron chi connectivity index (χ3n) is 3.79. The maximum Gasteiger partial charge on any atom is 0.0414 e. The molecular formula is C13H18N2. The molecule has 1 saturated heterocycles. The summed E-state index contributed by atoms with van der Waals surface area (Å²) >= 11 is 0. The Morgan fingerprint density at radius 2 is 1.93 bits per heavy atom. The van der Waals surface area contributed by atoms with Crippen molar-refractivity contribution in [3.8, 4) is 0 Å². The zero-order valence-electron chi connectivity index (χ0n) is 9.24. The molecule has 0 aromatic heterocycles. The van der Waals surface area contributed by atoms with Gasteiger partial charge in [-0.25, -0.2) is 0 Å². The molecule has 0 atom stereocenters. The maximum absolute atomic E-state index is 6.31. The van der Waals surface area contributed by atoms with Crippen molar-refractivity contribution in [2.75, 3.05) is 20.1 Å². The van der Waals surface area contributed by atoms with E-state index in [1.54, 1.807) is 0 Å². The van der Waals surface area contributed by atoms with Crippen molar-refractivity contribution < 1.29 is 0 Å². The second-order valence-electron chi connectivity index (χ2n) is 5.16. The van der Waals surface area contributed by atoms with Crippen molar-refractivity contribution in [2.24, 2.45) is 5.73 Å². The Morgan fingerprint density at radius 3 is 2.53 bits per heavy atom. The SMILES string of the molecule is CN1CC(c2ccccc2C2(N)CC2)C1. The number of benzene rings is 1. The lowest BCUT2D eigenvalue weighted by Gasteiger charge is -2.38. The van der Waals surface area contributed by atoms with E-state index in [-0.39, 0.29) is 5.54 Å². The fourth-order valence-corrected chi connectivity index (χ4v) is 2.61. The Kier molecular flexibility index (Phi) is 1.91. The van der Waals surface area contributed by atoms with E-state index >= 15 is 0 Å². The number of hydrogen-bond donors (Lipinski definition) is 1. The minimum atomic E-state index is 0.0186. The summed E-state index contributed by atoms with van der Waals surface area (Å²) in [5, 5.41) is 0. The summed E-state index contributed by atoms with van der Waals surface area (Å²) in [6.45, 7) is 2.38. The van der Waals surface area contributed by atoms with Crippen LogP contribution in [0.15, 0.2) is 24.3 Å². The van der Waals surface area contributed by atoms with Crippen LogP contribution in [0.2, 0.25) is 0 Å². The molecule has 1 aliphatic carbocycles. The van der Waals surface area contributed by atoms with E-state index in [1.165, 1.54) is 24.2 Å². The normalized spacial score (nSPS) is 24.9. The summed E-state index contributed by atoms with van der Waals surface area (Å²) in [7, 11) is 2.18. The molecule has 1 aliphatic heterocycles. The van der Waals surface area contributed by atoms with E-state index in [9.17, 15) is 0 Å². The van der Waals surface area contributed by atoms with Gasteiger partial charge in [0.15, 0.2) is 0 Å². The molecule has 1 aromatic rings. The Hall–Kier alpha value is -0.860. The average molecular weight is 202 g/mol. The zero-order chi connectivity index (χ0) is 10.5. The van der Waals surface area contributed by atoms with Crippen LogP contribution >= 0.6 is 0 Å². The first kappa shape index (κ1) is 9.37. The summed E-state index contributed by atoms with van der Waals surface area (Å²) in [4.78, 5) is 2.36. The third-order valence-corrected chi connectivity index (χ3v) is 3.79. The Balaban J connectivity index is 1.93. The average Bonchev–Trinajstić information content (AvgIpc) is 2.93. The first-order valence-electron chi connectivity index (χ1n) is 5.76. The van der Waals surface area contributed by atoms with Gasteiger partial charge in [0.1, 0.15) is 0 Å². The molecule has 2 nitrogen and oxygen atoms in total. The number of likely N-dealkylation sites (N-methyl/N-ethyl adjacent to an activating group) is 1. The standard InChI is InChI=1S/C13H18N2/c1-15-8-10(9-15)11-4-2-3-5-12(11)13(14)6-7-13/h2-5,10H,6-9,14H2,1H3. The van der Waals surface area contributed by atoms with E-state index < -0.39 is 0 Å². The Bertz CT molecular complexity index is 376. The molecule has 80 valence electrons. The van der Waals surface area contributed by atoms with Crippen LogP contribution in [0.3, 0.4) is 0 Å². The monoisotopic (exact) mass is 202 g/mol. The molecular weight excluding hydrogens is 184 g/mol. The van der Waals surface area contributed by atoms with Crippen LogP contribution < -0.4 is 5.73 Å². The van der Waals surface area contributed by atoms with Crippen LogP contribution in [0.4, 0.5) is 0 Å². The van der Waals surface area contributed by atoms with Gasteiger partial charge in [-0.1, -0.05) is 24.3 Å². The molecule has 2 N–H and O–H groups in total.